The van der Waals surface area contributed by atoms with E-state index in [9.17, 15) is 0 Å². The topological polar surface area (TPSA) is 0 Å². The fourth-order valence-electron chi connectivity index (χ4n) is 1.60. The predicted octanol–water partition coefficient (Wildman–Crippen LogP) is 7.25. The Labute approximate surface area is 124 Å². The van der Waals surface area contributed by atoms with Gasteiger partial charge in [-0.3, -0.25) is 0 Å². The van der Waals surface area contributed by atoms with Crippen molar-refractivity contribution >= 4 is 0 Å². The van der Waals surface area contributed by atoms with E-state index in [2.05, 4.69) is 74.5 Å². The molecule has 0 amide bonds. The van der Waals surface area contributed by atoms with Crippen molar-refractivity contribution in [2.75, 3.05) is 0 Å². The molecule has 0 heteroatoms. The summed E-state index contributed by atoms with van der Waals surface area (Å²) in [5, 5.41) is 0. The molecule has 0 radical (unpaired) electrons. The maximum atomic E-state index is 2.31. The highest BCUT2D eigenvalue weighted by atomic mass is 14.1. The van der Waals surface area contributed by atoms with Gasteiger partial charge in [0.2, 0.25) is 0 Å². The standard InChI is InChI=1S/C10H20.C9H20/c1-9(2)7-6-8-10(3,4)5;1-5-6-7-8-9(2,3)4/h6-7,9H,8H2,1-5H3;5-8H2,1-4H3/b7-6+;. The largest absolute Gasteiger partial charge is 0.0878 e. The fraction of sp³-hybridized carbons (Fsp3) is 0.895. The molecule has 0 unspecified atom stereocenters. The van der Waals surface area contributed by atoms with Crippen LogP contribution in [0.1, 0.15) is 94.4 Å². The highest BCUT2D eigenvalue weighted by molar-refractivity contribution is 4.87. The van der Waals surface area contributed by atoms with Gasteiger partial charge in [0.25, 0.3) is 0 Å². The summed E-state index contributed by atoms with van der Waals surface area (Å²) in [5.41, 5.74) is 1.00. The van der Waals surface area contributed by atoms with E-state index in [0.717, 1.165) is 0 Å². The van der Waals surface area contributed by atoms with Gasteiger partial charge in [-0.1, -0.05) is 93.7 Å². The van der Waals surface area contributed by atoms with Crippen molar-refractivity contribution < 1.29 is 0 Å². The molecular formula is C19H40. The van der Waals surface area contributed by atoms with Gasteiger partial charge in [-0.05, 0) is 29.6 Å². The van der Waals surface area contributed by atoms with Crippen molar-refractivity contribution in [1.29, 1.82) is 0 Å². The van der Waals surface area contributed by atoms with E-state index in [-0.39, 0.29) is 0 Å². The summed E-state index contributed by atoms with van der Waals surface area (Å²) in [6.07, 6.45) is 11.3. The van der Waals surface area contributed by atoms with Crippen molar-refractivity contribution in [2.45, 2.75) is 94.4 Å². The summed E-state index contributed by atoms with van der Waals surface area (Å²) < 4.78 is 0. The summed E-state index contributed by atoms with van der Waals surface area (Å²) in [6, 6.07) is 0. The van der Waals surface area contributed by atoms with Gasteiger partial charge in [0.05, 0.1) is 0 Å². The zero-order chi connectivity index (χ0) is 15.5. The second kappa shape index (κ2) is 10.5. The quantitative estimate of drug-likeness (QED) is 0.364. The minimum Gasteiger partial charge on any atom is -0.0878 e. The summed E-state index contributed by atoms with van der Waals surface area (Å²) in [6.45, 7) is 20.4. The minimum atomic E-state index is 0.450. The Morgan fingerprint density at radius 1 is 0.842 bits per heavy atom. The highest BCUT2D eigenvalue weighted by Crippen LogP contribution is 2.21. The molecule has 0 saturated carbocycles. The lowest BCUT2D eigenvalue weighted by molar-refractivity contribution is 0.359. The van der Waals surface area contributed by atoms with E-state index >= 15 is 0 Å². The van der Waals surface area contributed by atoms with Crippen LogP contribution >= 0.6 is 0 Å². The molecule has 0 atom stereocenters. The third-order valence-electron chi connectivity index (χ3n) is 2.78. The van der Waals surface area contributed by atoms with Gasteiger partial charge in [-0.15, -0.1) is 0 Å². The van der Waals surface area contributed by atoms with E-state index < -0.39 is 0 Å². The van der Waals surface area contributed by atoms with E-state index in [4.69, 9.17) is 0 Å². The van der Waals surface area contributed by atoms with Gasteiger partial charge >= 0.3 is 0 Å². The monoisotopic (exact) mass is 268 g/mol. The molecule has 0 aliphatic carbocycles. The van der Waals surface area contributed by atoms with Gasteiger partial charge < -0.3 is 0 Å². The number of hydrogen-bond donors (Lipinski definition) is 0. The lowest BCUT2D eigenvalue weighted by Crippen LogP contribution is -2.03. The maximum absolute atomic E-state index is 2.31. The molecule has 0 aromatic rings. The molecule has 0 fully saturated rings. The van der Waals surface area contributed by atoms with Crippen molar-refractivity contribution in [3.05, 3.63) is 12.2 Å². The molecule has 116 valence electrons. The van der Waals surface area contributed by atoms with Crippen LogP contribution in [0.2, 0.25) is 0 Å². The molecule has 0 bridgehead atoms. The van der Waals surface area contributed by atoms with Crippen LogP contribution in [0, 0.1) is 16.7 Å². The SMILES string of the molecule is CC(C)/C=C/CC(C)(C)C.CCCCCC(C)(C)C. The Morgan fingerprint density at radius 3 is 1.68 bits per heavy atom. The van der Waals surface area contributed by atoms with Crippen molar-refractivity contribution in [3.63, 3.8) is 0 Å². The van der Waals surface area contributed by atoms with Crippen molar-refractivity contribution in [3.8, 4) is 0 Å². The van der Waals surface area contributed by atoms with Crippen molar-refractivity contribution in [2.24, 2.45) is 16.7 Å². The lowest BCUT2D eigenvalue weighted by atomic mass is 9.90. The Kier molecular flexibility index (Phi) is 11.7. The lowest BCUT2D eigenvalue weighted by Gasteiger charge is -2.16. The first kappa shape index (κ1) is 21.0. The smallest absolute Gasteiger partial charge is 0.0290 e. The zero-order valence-corrected chi connectivity index (χ0v) is 15.3. The summed E-state index contributed by atoms with van der Waals surface area (Å²) >= 11 is 0. The fourth-order valence-corrected chi connectivity index (χ4v) is 1.60. The second-order valence-corrected chi connectivity index (χ2v) is 8.45. The Bertz CT molecular complexity index is 207. The average Bonchev–Trinajstić information content (AvgIpc) is 2.14. The minimum absolute atomic E-state index is 0.450. The van der Waals surface area contributed by atoms with Gasteiger partial charge in [0, 0.05) is 0 Å². The van der Waals surface area contributed by atoms with Crippen LogP contribution in [-0.4, -0.2) is 0 Å². The van der Waals surface area contributed by atoms with E-state index in [1.54, 1.807) is 0 Å². The van der Waals surface area contributed by atoms with Crippen LogP contribution in [0.25, 0.3) is 0 Å². The molecular weight excluding hydrogens is 228 g/mol. The second-order valence-electron chi connectivity index (χ2n) is 8.45. The molecule has 0 N–H and O–H groups in total. The number of allylic oxidation sites excluding steroid dienone is 2. The first-order valence-electron chi connectivity index (χ1n) is 8.14. The summed E-state index contributed by atoms with van der Waals surface area (Å²) in [7, 11) is 0. The van der Waals surface area contributed by atoms with Crippen LogP contribution in [0.5, 0.6) is 0 Å². The van der Waals surface area contributed by atoms with Crippen LogP contribution in [-0.2, 0) is 0 Å². The Hall–Kier alpha value is -0.260. The Morgan fingerprint density at radius 2 is 1.37 bits per heavy atom. The normalized spacial score (nSPS) is 12.7. The highest BCUT2D eigenvalue weighted by Gasteiger charge is 2.07. The van der Waals surface area contributed by atoms with E-state index in [1.165, 1.54) is 32.1 Å². The molecule has 0 rings (SSSR count). The molecule has 0 aliphatic rings. The predicted molar refractivity (Wildman–Crippen MR) is 91.6 cm³/mol. The summed E-state index contributed by atoms with van der Waals surface area (Å²) in [5.74, 6) is 0.697. The number of rotatable bonds is 5. The Balaban J connectivity index is 0. The van der Waals surface area contributed by atoms with Crippen LogP contribution in [0.3, 0.4) is 0 Å². The molecule has 0 spiro atoms. The first-order chi connectivity index (χ1) is 8.48. The van der Waals surface area contributed by atoms with Crippen molar-refractivity contribution in [1.82, 2.24) is 0 Å². The third kappa shape index (κ3) is 27.1. The van der Waals surface area contributed by atoms with E-state index in [1.807, 2.05) is 0 Å². The van der Waals surface area contributed by atoms with Crippen LogP contribution in [0.15, 0.2) is 12.2 Å². The van der Waals surface area contributed by atoms with Gasteiger partial charge in [0.1, 0.15) is 0 Å². The van der Waals surface area contributed by atoms with Crippen LogP contribution < -0.4 is 0 Å². The van der Waals surface area contributed by atoms with Gasteiger partial charge in [-0.2, -0.15) is 0 Å². The molecule has 0 saturated heterocycles. The molecule has 0 aliphatic heterocycles. The molecule has 0 aromatic carbocycles. The maximum Gasteiger partial charge on any atom is -0.0290 e. The van der Waals surface area contributed by atoms with Gasteiger partial charge in [-0.25, -0.2) is 0 Å². The number of unbranched alkanes of at least 4 members (excludes halogenated alkanes) is 2. The average molecular weight is 269 g/mol. The zero-order valence-electron chi connectivity index (χ0n) is 15.3. The summed E-state index contributed by atoms with van der Waals surface area (Å²) in [4.78, 5) is 0. The number of hydrogen-bond acceptors (Lipinski definition) is 0. The van der Waals surface area contributed by atoms with Crippen LogP contribution in [0.4, 0.5) is 0 Å². The van der Waals surface area contributed by atoms with E-state index in [0.29, 0.717) is 16.7 Å². The first-order valence-corrected chi connectivity index (χ1v) is 8.14. The third-order valence-corrected chi connectivity index (χ3v) is 2.78. The molecule has 0 heterocycles. The molecule has 0 nitrogen and oxygen atoms in total. The molecule has 0 aromatic heterocycles. The van der Waals surface area contributed by atoms with Gasteiger partial charge in [0.15, 0.2) is 0 Å². The molecule has 19 heavy (non-hydrogen) atoms.